The normalized spacial score (nSPS) is 11.9. The largest absolute Gasteiger partial charge is 0.476 e. The fourth-order valence-corrected chi connectivity index (χ4v) is 2.07. The molecule has 1 aromatic carbocycles. The maximum atomic E-state index is 12.0. The van der Waals surface area contributed by atoms with Gasteiger partial charge < -0.3 is 10.4 Å². The van der Waals surface area contributed by atoms with E-state index in [0.717, 1.165) is 12.1 Å². The summed E-state index contributed by atoms with van der Waals surface area (Å²) in [6.07, 6.45) is 2.50. The summed E-state index contributed by atoms with van der Waals surface area (Å²) in [5, 5.41) is 15.4. The number of nitrogens with one attached hydrogen (secondary N) is 1. The fourth-order valence-electron chi connectivity index (χ4n) is 2.07. The molecule has 1 amide bonds. The van der Waals surface area contributed by atoms with Crippen LogP contribution in [-0.4, -0.2) is 26.8 Å². The van der Waals surface area contributed by atoms with Gasteiger partial charge in [-0.15, -0.1) is 0 Å². The van der Waals surface area contributed by atoms with Crippen molar-refractivity contribution < 1.29 is 14.7 Å². The summed E-state index contributed by atoms with van der Waals surface area (Å²) in [6, 6.07) is 9.09. The van der Waals surface area contributed by atoms with Crippen LogP contribution in [0, 0.1) is 0 Å². The third-order valence-corrected chi connectivity index (χ3v) is 3.52. The van der Waals surface area contributed by atoms with Crippen LogP contribution in [0.2, 0.25) is 0 Å². The van der Waals surface area contributed by atoms with E-state index in [0.29, 0.717) is 5.92 Å². The molecule has 0 aliphatic heterocycles. The minimum atomic E-state index is -1.11. The minimum Gasteiger partial charge on any atom is -0.476 e. The molecule has 0 bridgehead atoms. The van der Waals surface area contributed by atoms with Gasteiger partial charge in [-0.05, 0) is 36.1 Å². The Kier molecular flexibility index (Phi) is 4.93. The number of carbonyl (C=O) groups excluding carboxylic acids is 1. The molecule has 0 radical (unpaired) electrons. The second-order valence-electron chi connectivity index (χ2n) is 5.19. The summed E-state index contributed by atoms with van der Waals surface area (Å²) in [5.74, 6) is -0.928. The first-order valence-corrected chi connectivity index (χ1v) is 7.16. The Labute approximate surface area is 128 Å². The molecule has 1 heterocycles. The van der Waals surface area contributed by atoms with Crippen LogP contribution in [0.5, 0.6) is 0 Å². The van der Waals surface area contributed by atoms with Crippen molar-refractivity contribution in [1.82, 2.24) is 9.78 Å². The van der Waals surface area contributed by atoms with Crippen molar-refractivity contribution in [3.63, 3.8) is 0 Å². The summed E-state index contributed by atoms with van der Waals surface area (Å²) in [5.41, 5.74) is 1.83. The van der Waals surface area contributed by atoms with Gasteiger partial charge in [0.2, 0.25) is 5.91 Å². The van der Waals surface area contributed by atoms with Crippen LogP contribution in [0.3, 0.4) is 0 Å². The number of aromatic nitrogens is 2. The first kappa shape index (κ1) is 15.8. The van der Waals surface area contributed by atoms with Crippen molar-refractivity contribution in [2.45, 2.75) is 32.7 Å². The number of hydrogen-bond donors (Lipinski definition) is 2. The van der Waals surface area contributed by atoms with Crippen molar-refractivity contribution in [3.8, 4) is 0 Å². The van der Waals surface area contributed by atoms with E-state index < -0.39 is 5.97 Å². The SMILES string of the molecule is CCC(C)c1cccc(NC(=O)Cn2ccc(C(=O)O)n2)c1. The standard InChI is InChI=1S/C16H19N3O3/c1-3-11(2)12-5-4-6-13(9-12)17-15(20)10-19-8-7-14(18-19)16(21)22/h4-9,11H,3,10H2,1-2H3,(H,17,20)(H,21,22). The predicted molar refractivity (Wildman–Crippen MR) is 83.0 cm³/mol. The molecule has 1 atom stereocenters. The van der Waals surface area contributed by atoms with E-state index in [1.165, 1.54) is 22.5 Å². The lowest BCUT2D eigenvalue weighted by Gasteiger charge is -2.11. The van der Waals surface area contributed by atoms with Gasteiger partial charge in [-0.1, -0.05) is 26.0 Å². The van der Waals surface area contributed by atoms with E-state index in [1.54, 1.807) is 0 Å². The van der Waals surface area contributed by atoms with E-state index in [-0.39, 0.29) is 18.1 Å². The van der Waals surface area contributed by atoms with Crippen LogP contribution in [0.15, 0.2) is 36.5 Å². The first-order valence-electron chi connectivity index (χ1n) is 7.16. The lowest BCUT2D eigenvalue weighted by atomic mass is 9.98. The van der Waals surface area contributed by atoms with Gasteiger partial charge in [-0.3, -0.25) is 9.48 Å². The second-order valence-corrected chi connectivity index (χ2v) is 5.19. The molecule has 0 spiro atoms. The molecule has 6 nitrogen and oxygen atoms in total. The number of hydrogen-bond acceptors (Lipinski definition) is 3. The maximum absolute atomic E-state index is 12.0. The van der Waals surface area contributed by atoms with Gasteiger partial charge in [0.1, 0.15) is 6.54 Å². The number of benzene rings is 1. The van der Waals surface area contributed by atoms with Crippen LogP contribution in [-0.2, 0) is 11.3 Å². The van der Waals surface area contributed by atoms with Crippen LogP contribution < -0.4 is 5.32 Å². The van der Waals surface area contributed by atoms with Gasteiger partial charge in [0.25, 0.3) is 0 Å². The Morgan fingerprint density at radius 2 is 2.14 bits per heavy atom. The average Bonchev–Trinajstić information content (AvgIpc) is 2.95. The highest BCUT2D eigenvalue weighted by atomic mass is 16.4. The second kappa shape index (κ2) is 6.89. The van der Waals surface area contributed by atoms with Crippen molar-refractivity contribution in [2.75, 3.05) is 5.32 Å². The number of amides is 1. The summed E-state index contributed by atoms with van der Waals surface area (Å²) >= 11 is 0. The van der Waals surface area contributed by atoms with E-state index in [1.807, 2.05) is 24.3 Å². The molecule has 0 saturated heterocycles. The Morgan fingerprint density at radius 1 is 1.36 bits per heavy atom. The van der Waals surface area contributed by atoms with Gasteiger partial charge in [0, 0.05) is 11.9 Å². The quantitative estimate of drug-likeness (QED) is 0.859. The Morgan fingerprint density at radius 3 is 2.77 bits per heavy atom. The van der Waals surface area contributed by atoms with Crippen LogP contribution >= 0.6 is 0 Å². The summed E-state index contributed by atoms with van der Waals surface area (Å²) in [6.45, 7) is 4.23. The topological polar surface area (TPSA) is 84.2 Å². The third-order valence-electron chi connectivity index (χ3n) is 3.52. The minimum absolute atomic E-state index is 0.0269. The molecular weight excluding hydrogens is 282 g/mol. The molecule has 1 unspecified atom stereocenters. The lowest BCUT2D eigenvalue weighted by molar-refractivity contribution is -0.116. The zero-order valence-corrected chi connectivity index (χ0v) is 12.6. The average molecular weight is 301 g/mol. The molecule has 1 aromatic heterocycles. The van der Waals surface area contributed by atoms with Gasteiger partial charge in [-0.2, -0.15) is 5.10 Å². The van der Waals surface area contributed by atoms with Crippen molar-refractivity contribution in [3.05, 3.63) is 47.8 Å². The number of aromatic carboxylic acids is 1. The smallest absolute Gasteiger partial charge is 0.356 e. The maximum Gasteiger partial charge on any atom is 0.356 e. The Hall–Kier alpha value is -2.63. The number of carboxylic acids is 1. The molecule has 2 aromatic rings. The van der Waals surface area contributed by atoms with Gasteiger partial charge in [0.15, 0.2) is 5.69 Å². The summed E-state index contributed by atoms with van der Waals surface area (Å²) < 4.78 is 1.30. The highest BCUT2D eigenvalue weighted by Crippen LogP contribution is 2.21. The van der Waals surface area contributed by atoms with Gasteiger partial charge >= 0.3 is 5.97 Å². The molecule has 6 heteroatoms. The summed E-state index contributed by atoms with van der Waals surface area (Å²) in [4.78, 5) is 22.7. The zero-order chi connectivity index (χ0) is 16.1. The Bertz CT molecular complexity index is 679. The molecule has 116 valence electrons. The van der Waals surface area contributed by atoms with E-state index >= 15 is 0 Å². The predicted octanol–water partition coefficient (Wildman–Crippen LogP) is 2.73. The van der Waals surface area contributed by atoms with Crippen LogP contribution in [0.4, 0.5) is 5.69 Å². The lowest BCUT2D eigenvalue weighted by Crippen LogP contribution is -2.19. The monoisotopic (exact) mass is 301 g/mol. The fraction of sp³-hybridized carbons (Fsp3) is 0.312. The van der Waals surface area contributed by atoms with Crippen molar-refractivity contribution >= 4 is 17.6 Å². The highest BCUT2D eigenvalue weighted by molar-refractivity contribution is 5.90. The van der Waals surface area contributed by atoms with Gasteiger partial charge in [-0.25, -0.2) is 4.79 Å². The van der Waals surface area contributed by atoms with Crippen molar-refractivity contribution in [2.24, 2.45) is 0 Å². The Balaban J connectivity index is 2.00. The molecule has 0 aliphatic carbocycles. The number of carbonyl (C=O) groups is 2. The number of rotatable bonds is 6. The number of nitrogens with zero attached hydrogens (tertiary/aromatic N) is 2. The highest BCUT2D eigenvalue weighted by Gasteiger charge is 2.10. The molecule has 0 saturated carbocycles. The van der Waals surface area contributed by atoms with E-state index in [2.05, 4.69) is 24.3 Å². The molecule has 22 heavy (non-hydrogen) atoms. The molecule has 0 fully saturated rings. The van der Waals surface area contributed by atoms with E-state index in [4.69, 9.17) is 5.11 Å². The molecule has 2 N–H and O–H groups in total. The first-order chi connectivity index (χ1) is 10.5. The van der Waals surface area contributed by atoms with Crippen LogP contribution in [0.25, 0.3) is 0 Å². The molecule has 2 rings (SSSR count). The van der Waals surface area contributed by atoms with Gasteiger partial charge in [0.05, 0.1) is 0 Å². The molecule has 0 aliphatic rings. The zero-order valence-electron chi connectivity index (χ0n) is 12.6. The van der Waals surface area contributed by atoms with Crippen LogP contribution in [0.1, 0.15) is 42.2 Å². The van der Waals surface area contributed by atoms with Crippen molar-refractivity contribution in [1.29, 1.82) is 0 Å². The number of anilines is 1. The number of carboxylic acid groups (broad SMARTS) is 1. The molecular formula is C16H19N3O3. The summed E-state index contributed by atoms with van der Waals surface area (Å²) in [7, 11) is 0. The third kappa shape index (κ3) is 3.94. The van der Waals surface area contributed by atoms with E-state index in [9.17, 15) is 9.59 Å².